The highest BCUT2D eigenvalue weighted by molar-refractivity contribution is 7.13. The molecule has 0 spiro atoms. The molecule has 2 aromatic heterocycles. The van der Waals surface area contributed by atoms with Crippen LogP contribution in [-0.2, 0) is 0 Å². The Morgan fingerprint density at radius 2 is 2.30 bits per heavy atom. The molecule has 1 saturated heterocycles. The molecule has 0 amide bonds. The van der Waals surface area contributed by atoms with Gasteiger partial charge in [0.1, 0.15) is 10.6 Å². The Balaban J connectivity index is 1.72. The highest BCUT2D eigenvalue weighted by Gasteiger charge is 2.22. The Morgan fingerprint density at radius 3 is 3.05 bits per heavy atom. The minimum absolute atomic E-state index is 0.212. The number of likely N-dealkylation sites (tertiary alicyclic amines) is 1. The summed E-state index contributed by atoms with van der Waals surface area (Å²) >= 11 is 1.51. The second-order valence-corrected chi connectivity index (χ2v) is 5.81. The molecule has 108 valence electrons. The average molecular weight is 294 g/mol. The predicted octanol–water partition coefficient (Wildman–Crippen LogP) is 1.90. The van der Waals surface area contributed by atoms with E-state index in [0.717, 1.165) is 30.3 Å². The van der Waals surface area contributed by atoms with E-state index < -0.39 is 0 Å². The van der Waals surface area contributed by atoms with Crippen LogP contribution in [0.25, 0.3) is 10.8 Å². The number of ether oxygens (including phenoxy) is 1. The zero-order valence-corrected chi connectivity index (χ0v) is 12.2. The van der Waals surface area contributed by atoms with Crippen LogP contribution in [0.1, 0.15) is 24.7 Å². The number of aromatic nitrogens is 2. The van der Waals surface area contributed by atoms with Gasteiger partial charge in [-0.25, -0.2) is 0 Å². The molecule has 20 heavy (non-hydrogen) atoms. The molecule has 0 bridgehead atoms. The van der Waals surface area contributed by atoms with E-state index in [2.05, 4.69) is 15.0 Å². The first kappa shape index (κ1) is 13.5. The lowest BCUT2D eigenvalue weighted by Gasteiger charge is -2.17. The Morgan fingerprint density at radius 1 is 1.50 bits per heavy atom. The van der Waals surface area contributed by atoms with Crippen molar-refractivity contribution in [2.45, 2.75) is 18.9 Å². The zero-order chi connectivity index (χ0) is 13.9. The quantitative estimate of drug-likeness (QED) is 0.907. The standard InChI is InChI=1S/C13H18N4O2S/c1-18-10-4-7-20-11(10)13-15-12(16-19-13)9(14)8-17-5-2-3-6-17/h4,7,9H,2-3,5-6,8,14H2,1H3. The van der Waals surface area contributed by atoms with Gasteiger partial charge in [-0.05, 0) is 37.4 Å². The molecular weight excluding hydrogens is 276 g/mol. The number of hydrogen-bond donors (Lipinski definition) is 1. The number of hydrogen-bond acceptors (Lipinski definition) is 7. The Hall–Kier alpha value is -1.44. The van der Waals surface area contributed by atoms with E-state index in [9.17, 15) is 0 Å². The van der Waals surface area contributed by atoms with Gasteiger partial charge in [0.25, 0.3) is 5.89 Å². The predicted molar refractivity (Wildman–Crippen MR) is 76.8 cm³/mol. The number of nitrogens with zero attached hydrogens (tertiary/aromatic N) is 3. The summed E-state index contributed by atoms with van der Waals surface area (Å²) in [6, 6.07) is 1.67. The van der Waals surface area contributed by atoms with Gasteiger partial charge in [0.2, 0.25) is 0 Å². The van der Waals surface area contributed by atoms with Crippen molar-refractivity contribution in [3.63, 3.8) is 0 Å². The Bertz CT molecular complexity index is 562. The van der Waals surface area contributed by atoms with Gasteiger partial charge in [-0.2, -0.15) is 4.98 Å². The van der Waals surface area contributed by atoms with Gasteiger partial charge < -0.3 is 19.9 Å². The first-order valence-corrected chi connectivity index (χ1v) is 7.59. The molecule has 1 aliphatic heterocycles. The molecule has 1 unspecified atom stereocenters. The highest BCUT2D eigenvalue weighted by atomic mass is 32.1. The molecule has 3 heterocycles. The molecule has 2 N–H and O–H groups in total. The second kappa shape index (κ2) is 5.90. The Kier molecular flexibility index (Phi) is 4.00. The van der Waals surface area contributed by atoms with Crippen LogP contribution >= 0.6 is 11.3 Å². The van der Waals surface area contributed by atoms with Crippen molar-refractivity contribution in [1.82, 2.24) is 15.0 Å². The zero-order valence-electron chi connectivity index (χ0n) is 11.4. The molecule has 0 aromatic carbocycles. The summed E-state index contributed by atoms with van der Waals surface area (Å²) in [4.78, 5) is 7.59. The largest absolute Gasteiger partial charge is 0.495 e. The normalized spacial score (nSPS) is 17.5. The lowest BCUT2D eigenvalue weighted by molar-refractivity contribution is 0.306. The summed E-state index contributed by atoms with van der Waals surface area (Å²) in [5, 5.41) is 5.94. The van der Waals surface area contributed by atoms with Gasteiger partial charge in [-0.1, -0.05) is 5.16 Å². The molecular formula is C13H18N4O2S. The van der Waals surface area contributed by atoms with Crippen molar-refractivity contribution < 1.29 is 9.26 Å². The van der Waals surface area contributed by atoms with E-state index in [0.29, 0.717) is 11.7 Å². The van der Waals surface area contributed by atoms with Crippen LogP contribution in [0.3, 0.4) is 0 Å². The Labute approximate surface area is 121 Å². The van der Waals surface area contributed by atoms with Crippen molar-refractivity contribution in [2.24, 2.45) is 5.73 Å². The summed E-state index contributed by atoms with van der Waals surface area (Å²) in [6.07, 6.45) is 2.49. The van der Waals surface area contributed by atoms with Gasteiger partial charge >= 0.3 is 0 Å². The van der Waals surface area contributed by atoms with Gasteiger partial charge in [-0.15, -0.1) is 11.3 Å². The van der Waals surface area contributed by atoms with Crippen molar-refractivity contribution >= 4 is 11.3 Å². The molecule has 0 aliphatic carbocycles. The SMILES string of the molecule is COc1ccsc1-c1nc(C(N)CN2CCCC2)no1. The van der Waals surface area contributed by atoms with Crippen LogP contribution in [0.5, 0.6) is 5.75 Å². The summed E-state index contributed by atoms with van der Waals surface area (Å²) < 4.78 is 10.6. The number of thiophene rings is 1. The molecule has 0 radical (unpaired) electrons. The van der Waals surface area contributed by atoms with E-state index in [4.69, 9.17) is 15.0 Å². The van der Waals surface area contributed by atoms with Gasteiger partial charge in [0, 0.05) is 6.54 Å². The minimum atomic E-state index is -0.212. The minimum Gasteiger partial charge on any atom is -0.495 e. The lowest BCUT2D eigenvalue weighted by atomic mass is 10.3. The smallest absolute Gasteiger partial charge is 0.271 e. The monoisotopic (exact) mass is 294 g/mol. The first-order chi connectivity index (χ1) is 9.78. The van der Waals surface area contributed by atoms with Crippen LogP contribution < -0.4 is 10.5 Å². The molecule has 7 heteroatoms. The van der Waals surface area contributed by atoms with E-state index >= 15 is 0 Å². The third-order valence-corrected chi connectivity index (χ3v) is 4.35. The van der Waals surface area contributed by atoms with Crippen molar-refractivity contribution in [3.8, 4) is 16.5 Å². The van der Waals surface area contributed by atoms with Crippen LogP contribution in [0.2, 0.25) is 0 Å². The van der Waals surface area contributed by atoms with E-state index in [1.807, 2.05) is 11.4 Å². The third-order valence-electron chi connectivity index (χ3n) is 3.47. The molecule has 1 aliphatic rings. The summed E-state index contributed by atoms with van der Waals surface area (Å²) in [5.74, 6) is 1.78. The van der Waals surface area contributed by atoms with Crippen molar-refractivity contribution in [3.05, 3.63) is 17.3 Å². The summed E-state index contributed by atoms with van der Waals surface area (Å²) in [7, 11) is 1.63. The second-order valence-electron chi connectivity index (χ2n) is 4.89. The van der Waals surface area contributed by atoms with Crippen molar-refractivity contribution in [1.29, 1.82) is 0 Å². The van der Waals surface area contributed by atoms with Crippen molar-refractivity contribution in [2.75, 3.05) is 26.7 Å². The molecule has 6 nitrogen and oxygen atoms in total. The molecule has 3 rings (SSSR count). The number of methoxy groups -OCH3 is 1. The summed E-state index contributed by atoms with van der Waals surface area (Å²) in [6.45, 7) is 2.99. The fourth-order valence-corrected chi connectivity index (χ4v) is 3.20. The summed E-state index contributed by atoms with van der Waals surface area (Å²) in [5.41, 5.74) is 6.16. The lowest BCUT2D eigenvalue weighted by Crippen LogP contribution is -2.30. The number of rotatable bonds is 5. The molecule has 1 atom stereocenters. The van der Waals surface area contributed by atoms with Crippen LogP contribution in [-0.4, -0.2) is 41.8 Å². The van der Waals surface area contributed by atoms with Gasteiger partial charge in [0.15, 0.2) is 5.82 Å². The molecule has 0 saturated carbocycles. The topological polar surface area (TPSA) is 77.4 Å². The molecule has 2 aromatic rings. The number of nitrogens with two attached hydrogens (primary N) is 1. The first-order valence-electron chi connectivity index (χ1n) is 6.71. The fraction of sp³-hybridized carbons (Fsp3) is 0.538. The van der Waals surface area contributed by atoms with E-state index in [1.165, 1.54) is 24.2 Å². The average Bonchev–Trinajstić information content (AvgIpc) is 3.19. The maximum atomic E-state index is 6.16. The van der Waals surface area contributed by atoms with Gasteiger partial charge in [-0.3, -0.25) is 0 Å². The van der Waals surface area contributed by atoms with Crippen LogP contribution in [0.4, 0.5) is 0 Å². The maximum Gasteiger partial charge on any atom is 0.271 e. The fourth-order valence-electron chi connectivity index (χ4n) is 2.42. The van der Waals surface area contributed by atoms with E-state index in [-0.39, 0.29) is 6.04 Å². The molecule has 1 fully saturated rings. The van der Waals surface area contributed by atoms with Crippen LogP contribution in [0, 0.1) is 0 Å². The highest BCUT2D eigenvalue weighted by Crippen LogP contribution is 2.34. The van der Waals surface area contributed by atoms with Gasteiger partial charge in [0.05, 0.1) is 13.2 Å². The van der Waals surface area contributed by atoms with E-state index in [1.54, 1.807) is 7.11 Å². The maximum absolute atomic E-state index is 6.16. The van der Waals surface area contributed by atoms with Crippen LogP contribution in [0.15, 0.2) is 16.0 Å². The third kappa shape index (κ3) is 2.70.